The van der Waals surface area contributed by atoms with Crippen molar-refractivity contribution in [2.75, 3.05) is 6.54 Å². The van der Waals surface area contributed by atoms with Gasteiger partial charge in [-0.1, -0.05) is 19.8 Å². The van der Waals surface area contributed by atoms with Crippen LogP contribution in [0.5, 0.6) is 0 Å². The van der Waals surface area contributed by atoms with Crippen LogP contribution in [0.25, 0.3) is 0 Å². The Bertz CT molecular complexity index is 393. The maximum absolute atomic E-state index is 12.1. The minimum atomic E-state index is -0.653. The fraction of sp³-hybridized carbons (Fsp3) is 0.692. The van der Waals surface area contributed by atoms with Gasteiger partial charge in [-0.3, -0.25) is 4.79 Å². The summed E-state index contributed by atoms with van der Waals surface area (Å²) >= 11 is 1.58. The summed E-state index contributed by atoms with van der Waals surface area (Å²) in [7, 11) is 0. The molecule has 4 nitrogen and oxygen atoms in total. The quantitative estimate of drug-likeness (QED) is 0.872. The van der Waals surface area contributed by atoms with Crippen LogP contribution in [0.1, 0.15) is 38.3 Å². The predicted octanol–water partition coefficient (Wildman–Crippen LogP) is 1.71. The number of nitrogens with two attached hydrogens (primary N) is 1. The van der Waals surface area contributed by atoms with E-state index in [1.807, 2.05) is 10.9 Å². The zero-order valence-electron chi connectivity index (χ0n) is 10.8. The molecule has 0 spiro atoms. The molecule has 5 heteroatoms. The van der Waals surface area contributed by atoms with Gasteiger partial charge in [-0.2, -0.15) is 0 Å². The van der Waals surface area contributed by atoms with Gasteiger partial charge in [-0.05, 0) is 18.8 Å². The van der Waals surface area contributed by atoms with E-state index in [0.717, 1.165) is 31.4 Å². The molecule has 2 atom stereocenters. The molecule has 1 aliphatic rings. The highest BCUT2D eigenvalue weighted by molar-refractivity contribution is 7.07. The molecular weight excluding hydrogens is 246 g/mol. The van der Waals surface area contributed by atoms with Gasteiger partial charge in [0, 0.05) is 18.3 Å². The first-order valence-corrected chi connectivity index (χ1v) is 7.49. The molecule has 18 heavy (non-hydrogen) atoms. The third-order valence-corrected chi connectivity index (χ3v) is 4.27. The highest BCUT2D eigenvalue weighted by Crippen LogP contribution is 2.30. The lowest BCUT2D eigenvalue weighted by Gasteiger charge is -2.35. The molecule has 3 N–H and O–H groups in total. The number of carbonyl (C=O) groups is 1. The van der Waals surface area contributed by atoms with Crippen molar-refractivity contribution in [2.24, 2.45) is 11.7 Å². The topological polar surface area (TPSA) is 68.0 Å². The number of rotatable bonds is 4. The summed E-state index contributed by atoms with van der Waals surface area (Å²) in [4.78, 5) is 16.3. The third-order valence-electron chi connectivity index (χ3n) is 3.63. The van der Waals surface area contributed by atoms with Gasteiger partial charge in [0.1, 0.15) is 0 Å². The van der Waals surface area contributed by atoms with Crippen LogP contribution >= 0.6 is 11.3 Å². The van der Waals surface area contributed by atoms with Gasteiger partial charge in [0.2, 0.25) is 5.91 Å². The molecule has 2 rings (SSSR count). The molecule has 1 amide bonds. The van der Waals surface area contributed by atoms with Gasteiger partial charge in [-0.25, -0.2) is 4.98 Å². The Kier molecular flexibility index (Phi) is 4.35. The van der Waals surface area contributed by atoms with Crippen LogP contribution in [0.3, 0.4) is 0 Å². The van der Waals surface area contributed by atoms with Crippen molar-refractivity contribution in [3.63, 3.8) is 0 Å². The van der Waals surface area contributed by atoms with Crippen molar-refractivity contribution in [1.29, 1.82) is 0 Å². The zero-order chi connectivity index (χ0) is 13.0. The SMILES string of the molecule is CC1CCCC(N)(C(=O)NCCc2cscn2)C1. The van der Waals surface area contributed by atoms with Gasteiger partial charge >= 0.3 is 0 Å². The van der Waals surface area contributed by atoms with Crippen molar-refractivity contribution in [3.05, 3.63) is 16.6 Å². The second-order valence-corrected chi connectivity index (χ2v) is 6.06. The first kappa shape index (κ1) is 13.5. The Balaban J connectivity index is 1.80. The lowest BCUT2D eigenvalue weighted by Crippen LogP contribution is -2.56. The molecule has 0 bridgehead atoms. The van der Waals surface area contributed by atoms with E-state index < -0.39 is 5.54 Å². The monoisotopic (exact) mass is 267 g/mol. The lowest BCUT2D eigenvalue weighted by molar-refractivity contribution is -0.128. The highest BCUT2D eigenvalue weighted by atomic mass is 32.1. The summed E-state index contributed by atoms with van der Waals surface area (Å²) in [6.07, 6.45) is 4.62. The molecule has 1 aromatic heterocycles. The fourth-order valence-electron chi connectivity index (χ4n) is 2.64. The van der Waals surface area contributed by atoms with Crippen molar-refractivity contribution < 1.29 is 4.79 Å². The van der Waals surface area contributed by atoms with E-state index >= 15 is 0 Å². The van der Waals surface area contributed by atoms with Gasteiger partial charge in [0.05, 0.1) is 16.7 Å². The van der Waals surface area contributed by atoms with Crippen molar-refractivity contribution in [1.82, 2.24) is 10.3 Å². The van der Waals surface area contributed by atoms with Crippen LogP contribution in [-0.2, 0) is 11.2 Å². The number of hydrogen-bond donors (Lipinski definition) is 2. The summed E-state index contributed by atoms with van der Waals surface area (Å²) in [5.41, 5.74) is 8.41. The van der Waals surface area contributed by atoms with E-state index in [0.29, 0.717) is 12.5 Å². The second-order valence-electron chi connectivity index (χ2n) is 5.34. The Morgan fingerprint density at radius 3 is 3.22 bits per heavy atom. The van der Waals surface area contributed by atoms with E-state index in [4.69, 9.17) is 5.73 Å². The smallest absolute Gasteiger partial charge is 0.240 e. The molecule has 2 unspecified atom stereocenters. The summed E-state index contributed by atoms with van der Waals surface area (Å²) in [6.45, 7) is 2.79. The first-order valence-electron chi connectivity index (χ1n) is 6.54. The van der Waals surface area contributed by atoms with Gasteiger partial charge in [0.15, 0.2) is 0 Å². The van der Waals surface area contributed by atoms with E-state index in [1.165, 1.54) is 6.42 Å². The van der Waals surface area contributed by atoms with Crippen LogP contribution in [0, 0.1) is 5.92 Å². The first-order chi connectivity index (χ1) is 8.60. The van der Waals surface area contributed by atoms with E-state index in [1.54, 1.807) is 11.3 Å². The van der Waals surface area contributed by atoms with Crippen LogP contribution in [0.4, 0.5) is 0 Å². The van der Waals surface area contributed by atoms with Crippen LogP contribution < -0.4 is 11.1 Å². The van der Waals surface area contributed by atoms with E-state index in [2.05, 4.69) is 17.2 Å². The van der Waals surface area contributed by atoms with Gasteiger partial charge in [0.25, 0.3) is 0 Å². The number of thiazole rings is 1. The normalized spacial score (nSPS) is 28.0. The van der Waals surface area contributed by atoms with E-state index in [9.17, 15) is 4.79 Å². The standard InChI is InChI=1S/C13H21N3OS/c1-10-3-2-5-13(14,7-10)12(17)15-6-4-11-8-18-9-16-11/h8-10H,2-7,14H2,1H3,(H,15,17). The summed E-state index contributed by atoms with van der Waals surface area (Å²) in [5.74, 6) is 0.553. The molecule has 1 aliphatic carbocycles. The largest absolute Gasteiger partial charge is 0.354 e. The molecular formula is C13H21N3OS. The predicted molar refractivity (Wildman–Crippen MR) is 73.4 cm³/mol. The Hall–Kier alpha value is -0.940. The van der Waals surface area contributed by atoms with Crippen LogP contribution in [0.2, 0.25) is 0 Å². The molecule has 1 fully saturated rings. The Morgan fingerprint density at radius 2 is 2.56 bits per heavy atom. The minimum Gasteiger partial charge on any atom is -0.354 e. The average Bonchev–Trinajstić information content (AvgIpc) is 2.81. The summed E-state index contributed by atoms with van der Waals surface area (Å²) < 4.78 is 0. The third kappa shape index (κ3) is 3.29. The van der Waals surface area contributed by atoms with Gasteiger partial charge < -0.3 is 11.1 Å². The van der Waals surface area contributed by atoms with Crippen LogP contribution in [0.15, 0.2) is 10.9 Å². The fourth-order valence-corrected chi connectivity index (χ4v) is 3.23. The number of nitrogens with zero attached hydrogens (tertiary/aromatic N) is 1. The zero-order valence-corrected chi connectivity index (χ0v) is 11.6. The number of carbonyl (C=O) groups excluding carboxylic acids is 1. The Labute approximate surface area is 112 Å². The average molecular weight is 267 g/mol. The number of aromatic nitrogens is 1. The summed E-state index contributed by atoms with van der Waals surface area (Å²) in [6, 6.07) is 0. The maximum atomic E-state index is 12.1. The molecule has 0 radical (unpaired) electrons. The highest BCUT2D eigenvalue weighted by Gasteiger charge is 2.37. The molecule has 1 heterocycles. The molecule has 0 aliphatic heterocycles. The van der Waals surface area contributed by atoms with Crippen molar-refractivity contribution >= 4 is 17.2 Å². The number of hydrogen-bond acceptors (Lipinski definition) is 4. The molecule has 0 saturated heterocycles. The Morgan fingerprint density at radius 1 is 1.72 bits per heavy atom. The molecule has 1 aromatic rings. The molecule has 100 valence electrons. The van der Waals surface area contributed by atoms with Crippen LogP contribution in [-0.4, -0.2) is 23.0 Å². The number of nitrogens with one attached hydrogen (secondary N) is 1. The lowest BCUT2D eigenvalue weighted by atomic mass is 9.76. The van der Waals surface area contributed by atoms with Gasteiger partial charge in [-0.15, -0.1) is 11.3 Å². The number of amides is 1. The molecule has 0 aromatic carbocycles. The van der Waals surface area contributed by atoms with Crippen molar-refractivity contribution in [3.8, 4) is 0 Å². The maximum Gasteiger partial charge on any atom is 0.240 e. The summed E-state index contributed by atoms with van der Waals surface area (Å²) in [5, 5.41) is 4.96. The second kappa shape index (κ2) is 5.80. The van der Waals surface area contributed by atoms with Crippen molar-refractivity contribution in [2.45, 2.75) is 44.6 Å². The molecule has 1 saturated carbocycles. The minimum absolute atomic E-state index is 0.00396. The van der Waals surface area contributed by atoms with E-state index in [-0.39, 0.29) is 5.91 Å².